The summed E-state index contributed by atoms with van der Waals surface area (Å²) < 4.78 is 5.13. The van der Waals surface area contributed by atoms with Crippen LogP contribution in [0.25, 0.3) is 0 Å². The Hall–Kier alpha value is -2.37. The average Bonchev–Trinajstić information content (AvgIpc) is 2.87. The Morgan fingerprint density at radius 3 is 2.39 bits per heavy atom. The van der Waals surface area contributed by atoms with Crippen molar-refractivity contribution in [2.24, 2.45) is 0 Å². The van der Waals surface area contributed by atoms with Crippen molar-refractivity contribution < 1.29 is 4.74 Å². The summed E-state index contributed by atoms with van der Waals surface area (Å²) in [7, 11) is 1.63. The van der Waals surface area contributed by atoms with E-state index in [1.54, 1.807) is 7.11 Å². The fourth-order valence-electron chi connectivity index (χ4n) is 2.83. The van der Waals surface area contributed by atoms with Gasteiger partial charge in [-0.25, -0.2) is 0 Å². The van der Waals surface area contributed by atoms with Gasteiger partial charge in [-0.15, -0.1) is 10.2 Å². The molecule has 1 aliphatic rings. The number of hydrogen-bond donors (Lipinski definition) is 1. The van der Waals surface area contributed by atoms with Gasteiger partial charge in [0, 0.05) is 19.5 Å². The van der Waals surface area contributed by atoms with E-state index in [-0.39, 0.29) is 5.56 Å². The van der Waals surface area contributed by atoms with Crippen LogP contribution in [-0.2, 0) is 6.42 Å². The van der Waals surface area contributed by atoms with Crippen LogP contribution >= 0.6 is 0 Å². The number of methoxy groups -OCH3 is 1. The van der Waals surface area contributed by atoms with E-state index in [0.717, 1.165) is 37.2 Å². The predicted molar refractivity (Wildman–Crippen MR) is 89.1 cm³/mol. The first-order chi connectivity index (χ1) is 11.3. The molecule has 6 nitrogen and oxygen atoms in total. The summed E-state index contributed by atoms with van der Waals surface area (Å²) in [6, 6.07) is 7.62. The zero-order valence-electron chi connectivity index (χ0n) is 13.4. The molecule has 1 N–H and O–H groups in total. The highest BCUT2D eigenvalue weighted by atomic mass is 16.5. The molecule has 0 spiro atoms. The summed E-state index contributed by atoms with van der Waals surface area (Å²) >= 11 is 0. The topological polar surface area (TPSA) is 71.1 Å². The highest BCUT2D eigenvalue weighted by Crippen LogP contribution is 2.15. The van der Waals surface area contributed by atoms with Crippen molar-refractivity contribution in [3.8, 4) is 5.75 Å². The molecule has 1 aliphatic heterocycles. The molecule has 1 saturated heterocycles. The van der Waals surface area contributed by atoms with Crippen LogP contribution in [0.1, 0.15) is 36.9 Å². The van der Waals surface area contributed by atoms with E-state index in [4.69, 9.17) is 4.74 Å². The number of aromatic nitrogens is 3. The van der Waals surface area contributed by atoms with E-state index in [2.05, 4.69) is 20.1 Å². The summed E-state index contributed by atoms with van der Waals surface area (Å²) in [6.07, 6.45) is 5.22. The van der Waals surface area contributed by atoms with Gasteiger partial charge in [-0.1, -0.05) is 25.0 Å². The van der Waals surface area contributed by atoms with Crippen LogP contribution in [0, 0.1) is 0 Å². The molecule has 0 atom stereocenters. The Kier molecular flexibility index (Phi) is 4.90. The van der Waals surface area contributed by atoms with Crippen molar-refractivity contribution in [2.75, 3.05) is 25.1 Å². The third kappa shape index (κ3) is 3.88. The first-order valence-corrected chi connectivity index (χ1v) is 8.10. The molecular weight excluding hydrogens is 292 g/mol. The van der Waals surface area contributed by atoms with Gasteiger partial charge < -0.3 is 9.64 Å². The molecule has 122 valence electrons. The molecule has 0 radical (unpaired) electrons. The normalized spacial score (nSPS) is 15.3. The van der Waals surface area contributed by atoms with Gasteiger partial charge >= 0.3 is 0 Å². The van der Waals surface area contributed by atoms with Gasteiger partial charge in [0.1, 0.15) is 11.4 Å². The molecule has 0 aliphatic carbocycles. The van der Waals surface area contributed by atoms with E-state index in [1.165, 1.54) is 12.8 Å². The summed E-state index contributed by atoms with van der Waals surface area (Å²) in [5.41, 5.74) is 1.29. The van der Waals surface area contributed by atoms with Gasteiger partial charge in [0.2, 0.25) is 5.95 Å². The lowest BCUT2D eigenvalue weighted by molar-refractivity contribution is 0.414. The molecule has 3 rings (SSSR count). The van der Waals surface area contributed by atoms with Gasteiger partial charge in [-0.05, 0) is 30.5 Å². The Morgan fingerprint density at radius 1 is 1.09 bits per heavy atom. The van der Waals surface area contributed by atoms with E-state index in [1.807, 2.05) is 24.3 Å². The van der Waals surface area contributed by atoms with Crippen molar-refractivity contribution in [3.05, 3.63) is 45.9 Å². The molecule has 1 fully saturated rings. The Balaban J connectivity index is 1.74. The zero-order chi connectivity index (χ0) is 16.1. The molecule has 23 heavy (non-hydrogen) atoms. The molecule has 6 heteroatoms. The van der Waals surface area contributed by atoms with Crippen molar-refractivity contribution in [2.45, 2.75) is 32.1 Å². The zero-order valence-corrected chi connectivity index (χ0v) is 13.4. The van der Waals surface area contributed by atoms with E-state index in [0.29, 0.717) is 18.1 Å². The third-order valence-electron chi connectivity index (χ3n) is 4.19. The standard InChI is InChI=1S/C17H22N4O2/c1-23-14-8-6-13(7-9-14)12-15-16(22)18-17(20-19-15)21-10-4-2-3-5-11-21/h6-9H,2-5,10-12H2,1H3,(H,18,20,22). The summed E-state index contributed by atoms with van der Waals surface area (Å²) in [5.74, 6) is 1.39. The van der Waals surface area contributed by atoms with Crippen LogP contribution in [0.15, 0.2) is 29.1 Å². The lowest BCUT2D eigenvalue weighted by Crippen LogP contribution is -2.30. The fourth-order valence-corrected chi connectivity index (χ4v) is 2.83. The Morgan fingerprint density at radius 2 is 1.78 bits per heavy atom. The number of hydrogen-bond acceptors (Lipinski definition) is 5. The van der Waals surface area contributed by atoms with Crippen LogP contribution in [0.3, 0.4) is 0 Å². The number of rotatable bonds is 4. The Bertz CT molecular complexity index is 688. The molecule has 0 amide bonds. The molecule has 0 bridgehead atoms. The monoisotopic (exact) mass is 314 g/mol. The summed E-state index contributed by atoms with van der Waals surface area (Å²) in [6.45, 7) is 1.87. The van der Waals surface area contributed by atoms with E-state index >= 15 is 0 Å². The minimum absolute atomic E-state index is 0.157. The number of ether oxygens (including phenoxy) is 1. The number of nitrogens with zero attached hydrogens (tertiary/aromatic N) is 3. The maximum absolute atomic E-state index is 12.3. The third-order valence-corrected chi connectivity index (χ3v) is 4.19. The second-order valence-electron chi connectivity index (χ2n) is 5.85. The average molecular weight is 314 g/mol. The number of H-pyrrole nitrogens is 1. The van der Waals surface area contributed by atoms with Crippen LogP contribution < -0.4 is 15.2 Å². The Labute approximate surface area is 135 Å². The first kappa shape index (κ1) is 15.5. The first-order valence-electron chi connectivity index (χ1n) is 8.10. The predicted octanol–water partition coefficient (Wildman–Crippen LogP) is 2.14. The smallest absolute Gasteiger partial charge is 0.274 e. The summed E-state index contributed by atoms with van der Waals surface area (Å²) in [4.78, 5) is 17.3. The maximum atomic E-state index is 12.3. The minimum Gasteiger partial charge on any atom is -0.497 e. The molecule has 1 aromatic carbocycles. The lowest BCUT2D eigenvalue weighted by atomic mass is 10.1. The van der Waals surface area contributed by atoms with Crippen molar-refractivity contribution in [3.63, 3.8) is 0 Å². The second-order valence-corrected chi connectivity index (χ2v) is 5.85. The van der Waals surface area contributed by atoms with Crippen LogP contribution in [-0.4, -0.2) is 35.4 Å². The van der Waals surface area contributed by atoms with Gasteiger partial charge in [-0.2, -0.15) is 0 Å². The van der Waals surface area contributed by atoms with Crippen LogP contribution in [0.2, 0.25) is 0 Å². The number of anilines is 1. The molecule has 0 unspecified atom stereocenters. The summed E-state index contributed by atoms with van der Waals surface area (Å²) in [5, 5.41) is 8.39. The maximum Gasteiger partial charge on any atom is 0.274 e. The number of aromatic amines is 1. The van der Waals surface area contributed by atoms with Crippen molar-refractivity contribution in [1.29, 1.82) is 0 Å². The van der Waals surface area contributed by atoms with Gasteiger partial charge in [0.25, 0.3) is 5.56 Å². The minimum atomic E-state index is -0.157. The molecule has 1 aromatic heterocycles. The number of benzene rings is 1. The largest absolute Gasteiger partial charge is 0.497 e. The second kappa shape index (κ2) is 7.26. The molecule has 0 saturated carbocycles. The van der Waals surface area contributed by atoms with E-state index in [9.17, 15) is 4.79 Å². The van der Waals surface area contributed by atoms with Gasteiger partial charge in [0.15, 0.2) is 0 Å². The quantitative estimate of drug-likeness (QED) is 0.936. The van der Waals surface area contributed by atoms with Gasteiger partial charge in [0.05, 0.1) is 7.11 Å². The van der Waals surface area contributed by atoms with Crippen molar-refractivity contribution in [1.82, 2.24) is 15.2 Å². The van der Waals surface area contributed by atoms with Crippen molar-refractivity contribution >= 4 is 5.95 Å². The lowest BCUT2D eigenvalue weighted by Gasteiger charge is -2.19. The molecular formula is C17H22N4O2. The van der Waals surface area contributed by atoms with Crippen LogP contribution in [0.5, 0.6) is 5.75 Å². The van der Waals surface area contributed by atoms with Gasteiger partial charge in [-0.3, -0.25) is 9.78 Å². The molecule has 2 aromatic rings. The highest BCUT2D eigenvalue weighted by molar-refractivity contribution is 5.31. The molecule has 2 heterocycles. The highest BCUT2D eigenvalue weighted by Gasteiger charge is 2.14. The van der Waals surface area contributed by atoms with Crippen LogP contribution in [0.4, 0.5) is 5.95 Å². The fraction of sp³-hybridized carbons (Fsp3) is 0.471. The SMILES string of the molecule is COc1ccc(Cc2nnc(N3CCCCCC3)[nH]c2=O)cc1. The number of nitrogens with one attached hydrogen (secondary N) is 1. The van der Waals surface area contributed by atoms with E-state index < -0.39 is 0 Å².